The third kappa shape index (κ3) is 4.22. The lowest BCUT2D eigenvalue weighted by molar-refractivity contribution is 0.340. The minimum atomic E-state index is 0.243. The molecule has 15 heavy (non-hydrogen) atoms. The van der Waals surface area contributed by atoms with E-state index in [0.717, 1.165) is 23.1 Å². The van der Waals surface area contributed by atoms with Crippen LogP contribution in [0.1, 0.15) is 25.8 Å². The van der Waals surface area contributed by atoms with Crippen LogP contribution in [0.5, 0.6) is 5.75 Å². The first kappa shape index (κ1) is 12.5. The maximum Gasteiger partial charge on any atom is 0.119 e. The molecule has 3 heteroatoms. The first-order chi connectivity index (χ1) is 7.13. The molecule has 1 atom stereocenters. The van der Waals surface area contributed by atoms with E-state index in [1.165, 1.54) is 5.56 Å². The van der Waals surface area contributed by atoms with Gasteiger partial charge in [-0.3, -0.25) is 0 Å². The second-order valence-electron chi connectivity index (χ2n) is 3.70. The van der Waals surface area contributed by atoms with E-state index in [4.69, 9.17) is 10.5 Å². The van der Waals surface area contributed by atoms with Crippen LogP contribution in [0.2, 0.25) is 0 Å². The van der Waals surface area contributed by atoms with Crippen LogP contribution in [-0.4, -0.2) is 12.6 Å². The molecule has 0 spiro atoms. The minimum Gasteiger partial charge on any atom is -0.494 e. The Kier molecular flexibility index (Phi) is 5.12. The van der Waals surface area contributed by atoms with Gasteiger partial charge in [0.2, 0.25) is 0 Å². The summed E-state index contributed by atoms with van der Waals surface area (Å²) >= 11 is 3.54. The van der Waals surface area contributed by atoms with Gasteiger partial charge in [-0.2, -0.15) is 0 Å². The maximum atomic E-state index is 5.74. The molecule has 0 heterocycles. The quantitative estimate of drug-likeness (QED) is 0.893. The molecule has 0 aliphatic carbocycles. The molecule has 0 saturated carbocycles. The summed E-state index contributed by atoms with van der Waals surface area (Å²) in [5.41, 5.74) is 7.00. The van der Waals surface area contributed by atoms with E-state index >= 15 is 0 Å². The lowest BCUT2D eigenvalue weighted by atomic mass is 10.1. The molecular weight excluding hydrogens is 254 g/mol. The van der Waals surface area contributed by atoms with E-state index in [1.807, 2.05) is 26.0 Å². The smallest absolute Gasteiger partial charge is 0.119 e. The molecule has 0 fully saturated rings. The van der Waals surface area contributed by atoms with Gasteiger partial charge in [-0.05, 0) is 50.5 Å². The molecular formula is C12H18BrNO. The summed E-state index contributed by atoms with van der Waals surface area (Å²) in [7, 11) is 0. The van der Waals surface area contributed by atoms with Gasteiger partial charge < -0.3 is 10.5 Å². The van der Waals surface area contributed by atoms with Crippen LogP contribution in [-0.2, 0) is 6.42 Å². The average molecular weight is 272 g/mol. The van der Waals surface area contributed by atoms with Gasteiger partial charge in [-0.1, -0.05) is 15.9 Å². The predicted molar refractivity (Wildman–Crippen MR) is 67.3 cm³/mol. The van der Waals surface area contributed by atoms with Crippen molar-refractivity contribution in [3.05, 3.63) is 28.2 Å². The highest BCUT2D eigenvalue weighted by molar-refractivity contribution is 9.10. The molecule has 0 aliphatic heterocycles. The van der Waals surface area contributed by atoms with Crippen molar-refractivity contribution in [2.24, 2.45) is 5.73 Å². The van der Waals surface area contributed by atoms with Gasteiger partial charge in [0, 0.05) is 10.5 Å². The van der Waals surface area contributed by atoms with E-state index in [9.17, 15) is 0 Å². The zero-order chi connectivity index (χ0) is 11.3. The molecule has 1 aromatic rings. The van der Waals surface area contributed by atoms with Crippen LogP contribution in [0, 0.1) is 0 Å². The minimum absolute atomic E-state index is 0.243. The molecule has 0 saturated heterocycles. The summed E-state index contributed by atoms with van der Waals surface area (Å²) in [5.74, 6) is 0.931. The Morgan fingerprint density at radius 3 is 2.80 bits per heavy atom. The third-order valence-electron chi connectivity index (χ3n) is 2.20. The van der Waals surface area contributed by atoms with E-state index in [0.29, 0.717) is 6.61 Å². The number of ether oxygens (including phenoxy) is 1. The van der Waals surface area contributed by atoms with Crippen molar-refractivity contribution in [2.45, 2.75) is 32.7 Å². The standard InChI is InChI=1S/C12H18BrNO/c1-3-15-11-6-7-12(13)10(8-11)5-4-9(2)14/h6-9H,3-5,14H2,1-2H3. The van der Waals surface area contributed by atoms with Crippen molar-refractivity contribution < 1.29 is 4.74 Å². The van der Waals surface area contributed by atoms with Crippen molar-refractivity contribution in [1.82, 2.24) is 0 Å². The van der Waals surface area contributed by atoms with E-state index in [2.05, 4.69) is 22.0 Å². The van der Waals surface area contributed by atoms with Crippen molar-refractivity contribution in [3.63, 3.8) is 0 Å². The molecule has 0 radical (unpaired) electrons. The van der Waals surface area contributed by atoms with Crippen molar-refractivity contribution >= 4 is 15.9 Å². The van der Waals surface area contributed by atoms with Crippen molar-refractivity contribution in [1.29, 1.82) is 0 Å². The van der Waals surface area contributed by atoms with Crippen LogP contribution in [0.3, 0.4) is 0 Å². The fourth-order valence-electron chi connectivity index (χ4n) is 1.38. The highest BCUT2D eigenvalue weighted by Crippen LogP contribution is 2.24. The molecule has 0 amide bonds. The van der Waals surface area contributed by atoms with Gasteiger partial charge >= 0.3 is 0 Å². The van der Waals surface area contributed by atoms with Gasteiger partial charge in [0.05, 0.1) is 6.61 Å². The Balaban J connectivity index is 2.71. The van der Waals surface area contributed by atoms with E-state index in [1.54, 1.807) is 0 Å². The molecule has 0 aromatic heterocycles. The second-order valence-corrected chi connectivity index (χ2v) is 4.56. The lowest BCUT2D eigenvalue weighted by Crippen LogP contribution is -2.15. The molecule has 0 bridgehead atoms. The Morgan fingerprint density at radius 2 is 2.20 bits per heavy atom. The normalized spacial score (nSPS) is 12.5. The van der Waals surface area contributed by atoms with Gasteiger partial charge in [0.25, 0.3) is 0 Å². The number of rotatable bonds is 5. The van der Waals surface area contributed by atoms with Crippen LogP contribution in [0.4, 0.5) is 0 Å². The second kappa shape index (κ2) is 6.13. The van der Waals surface area contributed by atoms with Crippen LogP contribution in [0.25, 0.3) is 0 Å². The highest BCUT2D eigenvalue weighted by atomic mass is 79.9. The van der Waals surface area contributed by atoms with Crippen LogP contribution < -0.4 is 10.5 Å². The third-order valence-corrected chi connectivity index (χ3v) is 2.97. The molecule has 1 aromatic carbocycles. The number of hydrogen-bond donors (Lipinski definition) is 1. The Hall–Kier alpha value is -0.540. The van der Waals surface area contributed by atoms with Gasteiger partial charge in [0.15, 0.2) is 0 Å². The molecule has 2 N–H and O–H groups in total. The van der Waals surface area contributed by atoms with Gasteiger partial charge in [-0.15, -0.1) is 0 Å². The lowest BCUT2D eigenvalue weighted by Gasteiger charge is -2.09. The zero-order valence-electron chi connectivity index (χ0n) is 9.29. The zero-order valence-corrected chi connectivity index (χ0v) is 10.9. The summed E-state index contributed by atoms with van der Waals surface area (Å²) in [6.07, 6.45) is 1.98. The largest absolute Gasteiger partial charge is 0.494 e. The Bertz CT molecular complexity index is 312. The van der Waals surface area contributed by atoms with Crippen LogP contribution >= 0.6 is 15.9 Å². The molecule has 84 valence electrons. The van der Waals surface area contributed by atoms with Crippen LogP contribution in [0.15, 0.2) is 22.7 Å². The first-order valence-electron chi connectivity index (χ1n) is 5.30. The van der Waals surface area contributed by atoms with E-state index < -0.39 is 0 Å². The first-order valence-corrected chi connectivity index (χ1v) is 6.09. The molecule has 1 rings (SSSR count). The summed E-state index contributed by atoms with van der Waals surface area (Å²) in [5, 5.41) is 0. The molecule has 2 nitrogen and oxygen atoms in total. The summed E-state index contributed by atoms with van der Waals surface area (Å²) in [6.45, 7) is 4.72. The summed E-state index contributed by atoms with van der Waals surface area (Å²) in [4.78, 5) is 0. The molecule has 0 aliphatic rings. The number of benzene rings is 1. The molecule has 1 unspecified atom stereocenters. The number of aryl methyl sites for hydroxylation is 1. The summed E-state index contributed by atoms with van der Waals surface area (Å²) in [6, 6.07) is 6.33. The monoisotopic (exact) mass is 271 g/mol. The predicted octanol–water partition coefficient (Wildman–Crippen LogP) is 3.13. The van der Waals surface area contributed by atoms with E-state index in [-0.39, 0.29) is 6.04 Å². The van der Waals surface area contributed by atoms with Crippen molar-refractivity contribution in [3.8, 4) is 5.75 Å². The number of hydrogen-bond acceptors (Lipinski definition) is 2. The van der Waals surface area contributed by atoms with Gasteiger partial charge in [0.1, 0.15) is 5.75 Å². The number of halogens is 1. The SMILES string of the molecule is CCOc1ccc(Br)c(CCC(C)N)c1. The topological polar surface area (TPSA) is 35.2 Å². The van der Waals surface area contributed by atoms with Crippen molar-refractivity contribution in [2.75, 3.05) is 6.61 Å². The maximum absolute atomic E-state index is 5.74. The highest BCUT2D eigenvalue weighted by Gasteiger charge is 2.03. The Morgan fingerprint density at radius 1 is 1.47 bits per heavy atom. The average Bonchev–Trinajstić information content (AvgIpc) is 2.19. The number of nitrogens with two attached hydrogens (primary N) is 1. The summed E-state index contributed by atoms with van der Waals surface area (Å²) < 4.78 is 6.59. The fourth-order valence-corrected chi connectivity index (χ4v) is 1.83. The fraction of sp³-hybridized carbons (Fsp3) is 0.500. The van der Waals surface area contributed by atoms with Gasteiger partial charge in [-0.25, -0.2) is 0 Å². The Labute approximate surface area is 99.9 Å².